The molecule has 0 bridgehead atoms. The molecule has 94 valence electrons. The van der Waals surface area contributed by atoms with Crippen LogP contribution in [0.3, 0.4) is 0 Å². The lowest BCUT2D eigenvalue weighted by atomic mass is 10.2. The molecule has 0 radical (unpaired) electrons. The summed E-state index contributed by atoms with van der Waals surface area (Å²) in [5, 5.41) is 6.12. The van der Waals surface area contributed by atoms with Crippen molar-refractivity contribution in [1.82, 2.24) is 4.98 Å². The first-order valence-electron chi connectivity index (χ1n) is 5.03. The van der Waals surface area contributed by atoms with Gasteiger partial charge in [-0.1, -0.05) is 12.1 Å². The number of methoxy groups -OCH3 is 1. The van der Waals surface area contributed by atoms with E-state index in [2.05, 4.69) is 15.5 Å². The molecule has 0 amide bonds. The van der Waals surface area contributed by atoms with Crippen molar-refractivity contribution in [3.8, 4) is 5.75 Å². The third kappa shape index (κ3) is 2.75. The maximum absolute atomic E-state index is 13.7. The van der Waals surface area contributed by atoms with Gasteiger partial charge in [0.2, 0.25) is 5.13 Å². The monoisotopic (exact) mass is 266 g/mol. The van der Waals surface area contributed by atoms with Gasteiger partial charge in [-0.15, -0.1) is 11.3 Å². The van der Waals surface area contributed by atoms with Crippen molar-refractivity contribution in [2.75, 3.05) is 18.3 Å². The molecule has 1 heterocycles. The van der Waals surface area contributed by atoms with E-state index in [1.807, 2.05) is 0 Å². The van der Waals surface area contributed by atoms with Crippen LogP contribution >= 0.6 is 11.3 Å². The molecule has 0 saturated heterocycles. The Morgan fingerprint density at radius 3 is 3.06 bits per heavy atom. The van der Waals surface area contributed by atoms with Gasteiger partial charge < -0.3 is 10.5 Å². The molecule has 0 fully saturated rings. The van der Waals surface area contributed by atoms with E-state index in [1.165, 1.54) is 24.7 Å². The van der Waals surface area contributed by atoms with Gasteiger partial charge in [-0.05, 0) is 6.07 Å². The van der Waals surface area contributed by atoms with E-state index in [1.54, 1.807) is 23.6 Å². The van der Waals surface area contributed by atoms with Crippen molar-refractivity contribution in [3.63, 3.8) is 0 Å². The Balaban J connectivity index is 2.09. The highest BCUT2D eigenvalue weighted by Gasteiger charge is 2.05. The number of benzene rings is 1. The summed E-state index contributed by atoms with van der Waals surface area (Å²) >= 11 is 1.32. The molecule has 0 aliphatic carbocycles. The van der Waals surface area contributed by atoms with E-state index in [-0.39, 0.29) is 5.75 Å². The maximum Gasteiger partial charge on any atom is 0.205 e. The second-order valence-corrected chi connectivity index (χ2v) is 4.17. The number of halogens is 1. The highest BCUT2D eigenvalue weighted by molar-refractivity contribution is 7.14. The zero-order valence-electron chi connectivity index (χ0n) is 9.55. The molecule has 0 unspecified atom stereocenters. The number of hydrogen-bond donors (Lipinski definition) is 2. The molecule has 18 heavy (non-hydrogen) atoms. The fourth-order valence-corrected chi connectivity index (χ4v) is 1.83. The zero-order valence-corrected chi connectivity index (χ0v) is 10.4. The van der Waals surface area contributed by atoms with Gasteiger partial charge in [0.15, 0.2) is 11.6 Å². The van der Waals surface area contributed by atoms with Crippen LogP contribution in [0.2, 0.25) is 0 Å². The van der Waals surface area contributed by atoms with Gasteiger partial charge in [-0.3, -0.25) is 5.43 Å². The quantitative estimate of drug-likeness (QED) is 0.658. The summed E-state index contributed by atoms with van der Waals surface area (Å²) in [6.45, 7) is 0. The second-order valence-electron chi connectivity index (χ2n) is 3.31. The summed E-state index contributed by atoms with van der Waals surface area (Å²) in [7, 11) is 1.41. The van der Waals surface area contributed by atoms with Crippen molar-refractivity contribution < 1.29 is 9.13 Å². The standard InChI is InChI=1S/C11H11FN4OS/c1-17-8-4-2-3-7(10(8)12)5-14-16-11-15-9(13)6-18-11/h2-6H,13H2,1H3,(H,15,16). The van der Waals surface area contributed by atoms with Gasteiger partial charge in [-0.25, -0.2) is 9.37 Å². The Labute approximate surface area is 107 Å². The molecule has 5 nitrogen and oxygen atoms in total. The first-order valence-corrected chi connectivity index (χ1v) is 5.91. The number of hydrazone groups is 1. The lowest BCUT2D eigenvalue weighted by Crippen LogP contribution is -1.96. The predicted octanol–water partition coefficient (Wildman–Crippen LogP) is 2.32. The van der Waals surface area contributed by atoms with Crippen molar-refractivity contribution >= 4 is 28.5 Å². The lowest BCUT2D eigenvalue weighted by molar-refractivity contribution is 0.386. The van der Waals surface area contributed by atoms with Crippen LogP contribution < -0.4 is 15.9 Å². The minimum Gasteiger partial charge on any atom is -0.494 e. The number of rotatable bonds is 4. The van der Waals surface area contributed by atoms with Crippen LogP contribution in [0.5, 0.6) is 5.75 Å². The predicted molar refractivity (Wildman–Crippen MR) is 70.7 cm³/mol. The normalized spacial score (nSPS) is 10.8. The van der Waals surface area contributed by atoms with Crippen LogP contribution in [-0.2, 0) is 0 Å². The molecular formula is C11H11FN4OS. The van der Waals surface area contributed by atoms with Gasteiger partial charge in [0.1, 0.15) is 5.82 Å². The third-order valence-electron chi connectivity index (χ3n) is 2.10. The van der Waals surface area contributed by atoms with Crippen LogP contribution in [0.4, 0.5) is 15.3 Å². The summed E-state index contributed by atoms with van der Waals surface area (Å²) < 4.78 is 18.6. The van der Waals surface area contributed by atoms with Crippen molar-refractivity contribution in [3.05, 3.63) is 35.0 Å². The molecule has 2 aromatic rings. The highest BCUT2D eigenvalue weighted by Crippen LogP contribution is 2.19. The van der Waals surface area contributed by atoms with Crippen LogP contribution in [0.25, 0.3) is 0 Å². The molecule has 7 heteroatoms. The fraction of sp³-hybridized carbons (Fsp3) is 0.0909. The molecule has 0 aliphatic rings. The molecule has 3 N–H and O–H groups in total. The summed E-state index contributed by atoms with van der Waals surface area (Å²) in [4.78, 5) is 3.95. The molecular weight excluding hydrogens is 255 g/mol. The summed E-state index contributed by atoms with van der Waals surface area (Å²) in [5.74, 6) is 0.145. The topological polar surface area (TPSA) is 72.5 Å². The van der Waals surface area contributed by atoms with E-state index in [0.717, 1.165) is 0 Å². The molecule has 0 saturated carbocycles. The summed E-state index contributed by atoms with van der Waals surface area (Å²) in [6.07, 6.45) is 1.36. The van der Waals surface area contributed by atoms with Gasteiger partial charge in [0.05, 0.1) is 13.3 Å². The minimum absolute atomic E-state index is 0.178. The van der Waals surface area contributed by atoms with Gasteiger partial charge in [0.25, 0.3) is 0 Å². The van der Waals surface area contributed by atoms with Gasteiger partial charge in [-0.2, -0.15) is 5.10 Å². The van der Waals surface area contributed by atoms with Gasteiger partial charge >= 0.3 is 0 Å². The fourth-order valence-electron chi connectivity index (χ4n) is 1.28. The number of nitrogen functional groups attached to an aromatic ring is 1. The highest BCUT2D eigenvalue weighted by atomic mass is 32.1. The number of ether oxygens (including phenoxy) is 1. The molecule has 1 aromatic heterocycles. The second kappa shape index (κ2) is 5.46. The zero-order chi connectivity index (χ0) is 13.0. The molecule has 0 atom stereocenters. The average Bonchev–Trinajstić information content (AvgIpc) is 2.77. The smallest absolute Gasteiger partial charge is 0.205 e. The number of anilines is 2. The van der Waals surface area contributed by atoms with Crippen LogP contribution in [0.1, 0.15) is 5.56 Å². The number of nitrogens with one attached hydrogen (secondary N) is 1. The summed E-state index contributed by atoms with van der Waals surface area (Å²) in [6, 6.07) is 4.82. The van der Waals surface area contributed by atoms with Crippen molar-refractivity contribution in [2.45, 2.75) is 0 Å². The average molecular weight is 266 g/mol. The molecule has 0 aliphatic heterocycles. The number of nitrogens with two attached hydrogens (primary N) is 1. The van der Waals surface area contributed by atoms with E-state index in [9.17, 15) is 4.39 Å². The number of thiazole rings is 1. The first-order chi connectivity index (χ1) is 8.70. The van der Waals surface area contributed by atoms with Crippen LogP contribution in [0, 0.1) is 5.82 Å². The Kier molecular flexibility index (Phi) is 3.73. The molecule has 1 aromatic carbocycles. The minimum atomic E-state index is -0.454. The van der Waals surface area contributed by atoms with E-state index >= 15 is 0 Å². The Morgan fingerprint density at radius 1 is 1.56 bits per heavy atom. The summed E-state index contributed by atoms with van der Waals surface area (Å²) in [5.41, 5.74) is 8.45. The van der Waals surface area contributed by atoms with Crippen molar-refractivity contribution in [2.24, 2.45) is 5.10 Å². The van der Waals surface area contributed by atoms with Crippen molar-refractivity contribution in [1.29, 1.82) is 0 Å². The van der Waals surface area contributed by atoms with Crippen LogP contribution in [-0.4, -0.2) is 18.3 Å². The third-order valence-corrected chi connectivity index (χ3v) is 2.86. The Hall–Kier alpha value is -2.15. The van der Waals surface area contributed by atoms with E-state index in [0.29, 0.717) is 16.5 Å². The SMILES string of the molecule is COc1cccc(C=NNc2nc(N)cs2)c1F. The van der Waals surface area contributed by atoms with Gasteiger partial charge in [0, 0.05) is 10.9 Å². The number of nitrogens with zero attached hydrogens (tertiary/aromatic N) is 2. The number of hydrogen-bond acceptors (Lipinski definition) is 6. The molecule has 2 rings (SSSR count). The number of aromatic nitrogens is 1. The maximum atomic E-state index is 13.7. The largest absolute Gasteiger partial charge is 0.494 e. The molecule has 0 spiro atoms. The van der Waals surface area contributed by atoms with E-state index in [4.69, 9.17) is 10.5 Å². The Bertz CT molecular complexity index is 570. The Morgan fingerprint density at radius 2 is 2.39 bits per heavy atom. The lowest BCUT2D eigenvalue weighted by Gasteiger charge is -2.03. The van der Waals surface area contributed by atoms with Crippen LogP contribution in [0.15, 0.2) is 28.7 Å². The van der Waals surface area contributed by atoms with E-state index < -0.39 is 5.82 Å². The first kappa shape index (κ1) is 12.3.